The van der Waals surface area contributed by atoms with E-state index in [4.69, 9.17) is 4.74 Å². The van der Waals surface area contributed by atoms with Crippen LogP contribution in [0.3, 0.4) is 0 Å². The lowest BCUT2D eigenvalue weighted by molar-refractivity contribution is -0.113. The van der Waals surface area contributed by atoms with Crippen molar-refractivity contribution in [1.82, 2.24) is 14.8 Å². The molecule has 1 aromatic heterocycles. The number of anilines is 2. The number of fused-ring (bicyclic) bond motifs is 1. The van der Waals surface area contributed by atoms with Gasteiger partial charge in [-0.15, -0.1) is 0 Å². The molecular formula is C28H26BrN5O2. The summed E-state index contributed by atoms with van der Waals surface area (Å²) >= 11 is 3.60. The summed E-state index contributed by atoms with van der Waals surface area (Å²) in [6.45, 7) is 6.34. The molecule has 0 saturated heterocycles. The fourth-order valence-corrected chi connectivity index (χ4v) is 4.60. The summed E-state index contributed by atoms with van der Waals surface area (Å²) in [5.74, 6) is 1.01. The summed E-state index contributed by atoms with van der Waals surface area (Å²) in [5.41, 5.74) is 6.14. The molecule has 1 aliphatic rings. The Balaban J connectivity index is 1.53. The molecule has 1 aliphatic heterocycles. The summed E-state index contributed by atoms with van der Waals surface area (Å²) in [7, 11) is 0. The van der Waals surface area contributed by atoms with Crippen molar-refractivity contribution in [3.8, 4) is 5.75 Å². The highest BCUT2D eigenvalue weighted by Gasteiger charge is 2.35. The molecule has 0 aliphatic carbocycles. The second-order valence-corrected chi connectivity index (χ2v) is 9.79. The summed E-state index contributed by atoms with van der Waals surface area (Å²) in [6.07, 6.45) is 1.48. The van der Waals surface area contributed by atoms with Crippen molar-refractivity contribution in [3.05, 3.63) is 111 Å². The molecule has 4 aromatic rings. The van der Waals surface area contributed by atoms with Crippen LogP contribution in [0.1, 0.15) is 35.2 Å². The SMILES string of the molecule is CC1=C(C(=O)Nc2ccc(C)cc2)C(c2cc(Br)ccc2OCc2ccc(C)cc2)n2ncnc2N1. The van der Waals surface area contributed by atoms with Crippen LogP contribution >= 0.6 is 15.9 Å². The smallest absolute Gasteiger partial charge is 0.255 e. The van der Waals surface area contributed by atoms with Crippen molar-refractivity contribution in [2.75, 3.05) is 10.6 Å². The fourth-order valence-electron chi connectivity index (χ4n) is 4.22. The second-order valence-electron chi connectivity index (χ2n) is 8.87. The van der Waals surface area contributed by atoms with Crippen LogP contribution < -0.4 is 15.4 Å². The summed E-state index contributed by atoms with van der Waals surface area (Å²) < 4.78 is 8.89. The van der Waals surface area contributed by atoms with Gasteiger partial charge in [-0.3, -0.25) is 4.79 Å². The second kappa shape index (κ2) is 9.99. The van der Waals surface area contributed by atoms with Crippen LogP contribution in [0.25, 0.3) is 0 Å². The molecule has 0 radical (unpaired) electrons. The number of carbonyl (C=O) groups excluding carboxylic acids is 1. The first kappa shape index (κ1) is 23.8. The molecular weight excluding hydrogens is 518 g/mol. The Labute approximate surface area is 218 Å². The van der Waals surface area contributed by atoms with E-state index in [-0.39, 0.29) is 5.91 Å². The van der Waals surface area contributed by atoms with Gasteiger partial charge in [0, 0.05) is 21.4 Å². The van der Waals surface area contributed by atoms with Gasteiger partial charge < -0.3 is 15.4 Å². The third kappa shape index (κ3) is 4.90. The van der Waals surface area contributed by atoms with E-state index in [1.807, 2.05) is 56.3 Å². The maximum atomic E-state index is 13.7. The zero-order valence-electron chi connectivity index (χ0n) is 20.2. The number of halogens is 1. The van der Waals surface area contributed by atoms with E-state index in [9.17, 15) is 4.79 Å². The lowest BCUT2D eigenvalue weighted by Crippen LogP contribution is -2.31. The summed E-state index contributed by atoms with van der Waals surface area (Å²) in [5, 5.41) is 10.7. The lowest BCUT2D eigenvalue weighted by Gasteiger charge is -2.30. The predicted octanol–water partition coefficient (Wildman–Crippen LogP) is 6.16. The van der Waals surface area contributed by atoms with Gasteiger partial charge in [0.1, 0.15) is 24.7 Å². The van der Waals surface area contributed by atoms with Crippen LogP contribution in [0.5, 0.6) is 5.75 Å². The zero-order chi connectivity index (χ0) is 25.2. The van der Waals surface area contributed by atoms with Crippen molar-refractivity contribution in [1.29, 1.82) is 0 Å². The number of carbonyl (C=O) groups is 1. The Bertz CT molecular complexity index is 1440. The van der Waals surface area contributed by atoms with Crippen LogP contribution in [0, 0.1) is 13.8 Å². The average Bonchev–Trinajstić information content (AvgIpc) is 3.33. The van der Waals surface area contributed by atoms with E-state index >= 15 is 0 Å². The molecule has 2 N–H and O–H groups in total. The Hall–Kier alpha value is -3.91. The van der Waals surface area contributed by atoms with Crippen LogP contribution in [0.15, 0.2) is 88.8 Å². The van der Waals surface area contributed by atoms with E-state index in [0.717, 1.165) is 26.9 Å². The molecule has 7 nitrogen and oxygen atoms in total. The fraction of sp³-hybridized carbons (Fsp3) is 0.179. The number of nitrogens with zero attached hydrogens (tertiary/aromatic N) is 3. The van der Waals surface area contributed by atoms with E-state index in [1.165, 1.54) is 11.9 Å². The van der Waals surface area contributed by atoms with Gasteiger partial charge in [0.15, 0.2) is 0 Å². The first-order chi connectivity index (χ1) is 17.4. The van der Waals surface area contributed by atoms with Gasteiger partial charge >= 0.3 is 0 Å². The molecule has 2 heterocycles. The van der Waals surface area contributed by atoms with Crippen LogP contribution in [-0.4, -0.2) is 20.7 Å². The van der Waals surface area contributed by atoms with E-state index in [2.05, 4.69) is 67.8 Å². The van der Waals surface area contributed by atoms with Gasteiger partial charge in [-0.2, -0.15) is 10.1 Å². The molecule has 8 heteroatoms. The highest BCUT2D eigenvalue weighted by molar-refractivity contribution is 9.10. The van der Waals surface area contributed by atoms with E-state index < -0.39 is 6.04 Å². The third-order valence-electron chi connectivity index (χ3n) is 6.13. The number of hydrogen-bond donors (Lipinski definition) is 2. The van der Waals surface area contributed by atoms with E-state index in [0.29, 0.717) is 29.6 Å². The Kier molecular flexibility index (Phi) is 6.61. The number of amides is 1. The Morgan fingerprint density at radius 2 is 1.72 bits per heavy atom. The van der Waals surface area contributed by atoms with Crippen molar-refractivity contribution in [3.63, 3.8) is 0 Å². The largest absolute Gasteiger partial charge is 0.489 e. The van der Waals surface area contributed by atoms with Crippen molar-refractivity contribution >= 4 is 33.5 Å². The Morgan fingerprint density at radius 1 is 1.03 bits per heavy atom. The van der Waals surface area contributed by atoms with Crippen molar-refractivity contribution in [2.24, 2.45) is 0 Å². The molecule has 0 fully saturated rings. The van der Waals surface area contributed by atoms with Gasteiger partial charge in [-0.1, -0.05) is 63.5 Å². The number of benzene rings is 3. The van der Waals surface area contributed by atoms with Gasteiger partial charge in [0.25, 0.3) is 5.91 Å². The molecule has 0 spiro atoms. The Morgan fingerprint density at radius 3 is 2.44 bits per heavy atom. The minimum Gasteiger partial charge on any atom is -0.489 e. The molecule has 0 bridgehead atoms. The highest BCUT2D eigenvalue weighted by atomic mass is 79.9. The molecule has 36 heavy (non-hydrogen) atoms. The number of allylic oxidation sites excluding steroid dienone is 1. The van der Waals surface area contributed by atoms with Gasteiger partial charge in [0.2, 0.25) is 5.95 Å². The average molecular weight is 544 g/mol. The molecule has 1 atom stereocenters. The molecule has 3 aromatic carbocycles. The van der Waals surface area contributed by atoms with Crippen LogP contribution in [-0.2, 0) is 11.4 Å². The highest BCUT2D eigenvalue weighted by Crippen LogP contribution is 2.40. The summed E-state index contributed by atoms with van der Waals surface area (Å²) in [4.78, 5) is 18.0. The quantitative estimate of drug-likeness (QED) is 0.304. The minimum atomic E-state index is -0.542. The van der Waals surface area contributed by atoms with Gasteiger partial charge in [-0.05, 0) is 56.7 Å². The number of aromatic nitrogens is 3. The zero-order valence-corrected chi connectivity index (χ0v) is 21.8. The summed E-state index contributed by atoms with van der Waals surface area (Å²) in [6, 6.07) is 21.2. The standard InChI is InChI=1S/C28H26BrN5O2/c1-17-4-8-20(9-5-17)15-36-24-13-10-21(29)14-23(24)26-25(19(3)32-28-30-16-31-34(26)28)27(35)33-22-11-6-18(2)7-12-22/h4-14,16,26H,15H2,1-3H3,(H,33,35)(H,30,31,32). The molecule has 1 unspecified atom stereocenters. The van der Waals surface area contributed by atoms with Crippen molar-refractivity contribution < 1.29 is 9.53 Å². The first-order valence-electron chi connectivity index (χ1n) is 11.6. The maximum absolute atomic E-state index is 13.7. The molecule has 0 saturated carbocycles. The minimum absolute atomic E-state index is 0.223. The lowest BCUT2D eigenvalue weighted by atomic mass is 9.94. The predicted molar refractivity (Wildman–Crippen MR) is 144 cm³/mol. The molecule has 182 valence electrons. The molecule has 5 rings (SSSR count). The number of hydrogen-bond acceptors (Lipinski definition) is 5. The monoisotopic (exact) mass is 543 g/mol. The maximum Gasteiger partial charge on any atom is 0.255 e. The van der Waals surface area contributed by atoms with E-state index in [1.54, 1.807) is 4.68 Å². The normalized spacial score (nSPS) is 14.7. The number of aryl methyl sites for hydroxylation is 2. The van der Waals surface area contributed by atoms with Gasteiger partial charge in [-0.25, -0.2) is 4.68 Å². The topological polar surface area (TPSA) is 81.1 Å². The van der Waals surface area contributed by atoms with Gasteiger partial charge in [0.05, 0.1) is 5.57 Å². The number of rotatable bonds is 6. The van der Waals surface area contributed by atoms with Crippen LogP contribution in [0.4, 0.5) is 11.6 Å². The third-order valence-corrected chi connectivity index (χ3v) is 6.62. The molecule has 1 amide bonds. The number of ether oxygens (including phenoxy) is 1. The van der Waals surface area contributed by atoms with Crippen molar-refractivity contribution in [2.45, 2.75) is 33.4 Å². The number of nitrogens with one attached hydrogen (secondary N) is 2. The van der Waals surface area contributed by atoms with Crippen LogP contribution in [0.2, 0.25) is 0 Å². The first-order valence-corrected chi connectivity index (χ1v) is 12.4.